The summed E-state index contributed by atoms with van der Waals surface area (Å²) in [5.74, 6) is 0. The Morgan fingerprint density at radius 2 is 0.719 bits per heavy atom. The van der Waals surface area contributed by atoms with Gasteiger partial charge in [-0.1, -0.05) is 152 Å². The maximum Gasteiger partial charge on any atom is 0.135 e. The molecule has 268 valence electrons. The van der Waals surface area contributed by atoms with Gasteiger partial charge in [-0.2, -0.15) is 0 Å². The van der Waals surface area contributed by atoms with Gasteiger partial charge in [-0.25, -0.2) is 0 Å². The lowest BCUT2D eigenvalue weighted by Crippen LogP contribution is -1.97. The minimum atomic E-state index is 0.881. The molecule has 11 aromatic rings. The molecule has 0 aliphatic rings. The van der Waals surface area contributed by atoms with E-state index in [2.05, 4.69) is 187 Å². The molecule has 0 unspecified atom stereocenters. The molecule has 0 aliphatic heterocycles. The van der Waals surface area contributed by atoms with Crippen LogP contribution in [0.5, 0.6) is 0 Å². The Balaban J connectivity index is 1.03. The molecule has 11 rings (SSSR count). The fourth-order valence-corrected chi connectivity index (χ4v) is 8.31. The molecule has 3 nitrogen and oxygen atoms in total. The van der Waals surface area contributed by atoms with E-state index in [1.807, 2.05) is 24.3 Å². The van der Waals surface area contributed by atoms with Crippen LogP contribution < -0.4 is 5.32 Å². The average Bonchev–Trinajstić information content (AvgIpc) is 3.85. The van der Waals surface area contributed by atoms with Crippen molar-refractivity contribution in [3.63, 3.8) is 0 Å². The van der Waals surface area contributed by atoms with E-state index in [1.54, 1.807) is 0 Å². The van der Waals surface area contributed by atoms with Crippen LogP contribution in [-0.4, -0.2) is 0 Å². The number of nitrogens with one attached hydrogen (secondary N) is 1. The Hall–Kier alpha value is -7.62. The van der Waals surface area contributed by atoms with Gasteiger partial charge in [0, 0.05) is 38.5 Å². The summed E-state index contributed by atoms with van der Waals surface area (Å²) in [6.07, 6.45) is 0. The lowest BCUT2D eigenvalue weighted by molar-refractivity contribution is 0.668. The average molecular weight is 730 g/mol. The molecule has 57 heavy (non-hydrogen) atoms. The van der Waals surface area contributed by atoms with Crippen molar-refractivity contribution in [2.75, 3.05) is 5.32 Å². The Kier molecular flexibility index (Phi) is 7.82. The summed E-state index contributed by atoms with van der Waals surface area (Å²) in [5, 5.41) is 8.29. The first-order valence-electron chi connectivity index (χ1n) is 19.3. The molecular weight excluding hydrogens is 695 g/mol. The van der Waals surface area contributed by atoms with Gasteiger partial charge in [-0.05, 0) is 105 Å². The zero-order chi connectivity index (χ0) is 37.7. The number of hydrogen-bond donors (Lipinski definition) is 1. The molecule has 2 heterocycles. The normalized spacial score (nSPS) is 11.5. The Labute approximate surface area is 330 Å². The molecular formula is C54H35NO2. The first-order valence-corrected chi connectivity index (χ1v) is 19.3. The summed E-state index contributed by atoms with van der Waals surface area (Å²) in [7, 11) is 0. The number of fused-ring (bicyclic) bond motifs is 6. The third-order valence-corrected chi connectivity index (χ3v) is 11.1. The van der Waals surface area contributed by atoms with E-state index in [9.17, 15) is 0 Å². The highest BCUT2D eigenvalue weighted by Crippen LogP contribution is 2.45. The van der Waals surface area contributed by atoms with Crippen molar-refractivity contribution in [3.05, 3.63) is 206 Å². The quantitative estimate of drug-likeness (QED) is 0.177. The largest absolute Gasteiger partial charge is 0.456 e. The summed E-state index contributed by atoms with van der Waals surface area (Å²) in [5.41, 5.74) is 17.1. The smallest absolute Gasteiger partial charge is 0.135 e. The van der Waals surface area contributed by atoms with E-state index in [-0.39, 0.29) is 0 Å². The highest BCUT2D eigenvalue weighted by molar-refractivity contribution is 6.09. The highest BCUT2D eigenvalue weighted by atomic mass is 16.3. The summed E-state index contributed by atoms with van der Waals surface area (Å²) in [4.78, 5) is 0. The number of anilines is 2. The van der Waals surface area contributed by atoms with E-state index in [0.29, 0.717) is 0 Å². The number of para-hydroxylation sites is 2. The van der Waals surface area contributed by atoms with Crippen LogP contribution in [0.1, 0.15) is 0 Å². The third-order valence-electron chi connectivity index (χ3n) is 11.1. The number of furan rings is 2. The van der Waals surface area contributed by atoms with Crippen LogP contribution in [0.3, 0.4) is 0 Å². The van der Waals surface area contributed by atoms with Crippen molar-refractivity contribution < 1.29 is 8.83 Å². The number of rotatable bonds is 7. The lowest BCUT2D eigenvalue weighted by Gasteiger charge is -2.20. The number of hydrogen-bond acceptors (Lipinski definition) is 3. The Morgan fingerprint density at radius 1 is 0.281 bits per heavy atom. The molecule has 9 aromatic carbocycles. The second kappa shape index (κ2) is 13.6. The molecule has 0 aliphatic carbocycles. The number of benzene rings is 9. The van der Waals surface area contributed by atoms with Gasteiger partial charge in [0.1, 0.15) is 22.3 Å². The molecule has 1 N–H and O–H groups in total. The maximum atomic E-state index is 6.24. The highest BCUT2D eigenvalue weighted by Gasteiger charge is 2.19. The van der Waals surface area contributed by atoms with Crippen LogP contribution in [0.2, 0.25) is 0 Å². The first-order chi connectivity index (χ1) is 28.2. The predicted octanol–water partition coefficient (Wildman–Crippen LogP) is 15.6. The van der Waals surface area contributed by atoms with Gasteiger partial charge < -0.3 is 14.2 Å². The van der Waals surface area contributed by atoms with Crippen LogP contribution >= 0.6 is 0 Å². The molecule has 0 atom stereocenters. The summed E-state index contributed by atoms with van der Waals surface area (Å²) in [6, 6.07) is 72.9. The Bertz CT molecular complexity index is 3240. The van der Waals surface area contributed by atoms with Gasteiger partial charge in [-0.3, -0.25) is 0 Å². The molecule has 0 amide bonds. The van der Waals surface area contributed by atoms with E-state index in [4.69, 9.17) is 8.83 Å². The molecule has 0 radical (unpaired) electrons. The third kappa shape index (κ3) is 5.85. The molecule has 0 fully saturated rings. The summed E-state index contributed by atoms with van der Waals surface area (Å²) in [6.45, 7) is 0. The van der Waals surface area contributed by atoms with E-state index in [0.717, 1.165) is 88.6 Å². The monoisotopic (exact) mass is 729 g/mol. The lowest BCUT2D eigenvalue weighted by atomic mass is 9.87. The van der Waals surface area contributed by atoms with Gasteiger partial charge in [0.25, 0.3) is 0 Å². The summed E-state index contributed by atoms with van der Waals surface area (Å²) >= 11 is 0. The topological polar surface area (TPSA) is 38.3 Å². The SMILES string of the molecule is c1ccc(-c2ccc(-c3ccc(Nc4cccc(-c5ccc6oc7ccccc7c6c5)c4-c4ccccc4-c4ccc5oc6ccccc6c5c4)cc3)cc2)cc1. The van der Waals surface area contributed by atoms with Crippen LogP contribution in [0.15, 0.2) is 215 Å². The zero-order valence-corrected chi connectivity index (χ0v) is 30.9. The molecule has 0 saturated heterocycles. The van der Waals surface area contributed by atoms with Gasteiger partial charge >= 0.3 is 0 Å². The molecule has 3 heteroatoms. The van der Waals surface area contributed by atoms with Crippen molar-refractivity contribution in [2.45, 2.75) is 0 Å². The molecule has 0 saturated carbocycles. The minimum Gasteiger partial charge on any atom is -0.456 e. The second-order valence-electron chi connectivity index (χ2n) is 14.5. The summed E-state index contributed by atoms with van der Waals surface area (Å²) < 4.78 is 12.5. The minimum absolute atomic E-state index is 0.881. The van der Waals surface area contributed by atoms with Crippen molar-refractivity contribution in [3.8, 4) is 55.6 Å². The van der Waals surface area contributed by atoms with Crippen molar-refractivity contribution in [1.29, 1.82) is 0 Å². The standard InChI is InChI=1S/C54H35NO2/c1-2-11-35(12-3-1)36-21-23-37(24-22-36)38-25-29-41(30-26-38)55-49-18-10-17-43(40-28-32-53-48(34-40)45-15-7-9-20-51(45)57-53)54(49)46-16-5-4-13-42(46)39-27-31-52-47(33-39)44-14-6-8-19-50(44)56-52/h1-34,55H. The van der Waals surface area contributed by atoms with Crippen LogP contribution in [0, 0.1) is 0 Å². The fourth-order valence-electron chi connectivity index (χ4n) is 8.31. The van der Waals surface area contributed by atoms with Crippen LogP contribution in [-0.2, 0) is 0 Å². The molecule has 0 spiro atoms. The van der Waals surface area contributed by atoms with Crippen molar-refractivity contribution in [2.24, 2.45) is 0 Å². The van der Waals surface area contributed by atoms with E-state index < -0.39 is 0 Å². The van der Waals surface area contributed by atoms with Crippen molar-refractivity contribution in [1.82, 2.24) is 0 Å². The molecule has 0 bridgehead atoms. The Morgan fingerprint density at radius 3 is 1.33 bits per heavy atom. The zero-order valence-electron chi connectivity index (χ0n) is 30.9. The predicted molar refractivity (Wildman–Crippen MR) is 238 cm³/mol. The second-order valence-corrected chi connectivity index (χ2v) is 14.5. The van der Waals surface area contributed by atoms with Gasteiger partial charge in [0.2, 0.25) is 0 Å². The van der Waals surface area contributed by atoms with Crippen LogP contribution in [0.25, 0.3) is 99.5 Å². The fraction of sp³-hybridized carbons (Fsp3) is 0. The first kappa shape index (κ1) is 32.8. The van der Waals surface area contributed by atoms with E-state index in [1.165, 1.54) is 22.3 Å². The van der Waals surface area contributed by atoms with Gasteiger partial charge in [0.15, 0.2) is 0 Å². The van der Waals surface area contributed by atoms with Gasteiger partial charge in [-0.15, -0.1) is 0 Å². The van der Waals surface area contributed by atoms with Crippen molar-refractivity contribution >= 4 is 55.3 Å². The van der Waals surface area contributed by atoms with E-state index >= 15 is 0 Å². The van der Waals surface area contributed by atoms with Crippen LogP contribution in [0.4, 0.5) is 11.4 Å². The van der Waals surface area contributed by atoms with Gasteiger partial charge in [0.05, 0.1) is 0 Å². The maximum absolute atomic E-state index is 6.24. The molecule has 2 aromatic heterocycles.